The minimum Gasteiger partial charge on any atom is -0.300 e. The first-order valence-corrected chi connectivity index (χ1v) is 9.32. The minimum absolute atomic E-state index is 0.121. The fourth-order valence-electron chi connectivity index (χ4n) is 2.59. The summed E-state index contributed by atoms with van der Waals surface area (Å²) in [4.78, 5) is 17.4. The number of fused-ring (bicyclic) bond motifs is 1. The number of rotatable bonds is 2. The summed E-state index contributed by atoms with van der Waals surface area (Å²) in [5, 5.41) is 5.73. The Morgan fingerprint density at radius 2 is 1.80 bits per heavy atom. The van der Waals surface area contributed by atoms with Crippen molar-refractivity contribution >= 4 is 61.3 Å². The number of amides is 1. The summed E-state index contributed by atoms with van der Waals surface area (Å²) >= 11 is 4.80. The molecule has 1 saturated heterocycles. The van der Waals surface area contributed by atoms with Gasteiger partial charge in [0.15, 0.2) is 5.17 Å². The van der Waals surface area contributed by atoms with Crippen molar-refractivity contribution in [2.45, 2.75) is 0 Å². The molecule has 25 heavy (non-hydrogen) atoms. The van der Waals surface area contributed by atoms with Crippen LogP contribution in [0.2, 0.25) is 0 Å². The van der Waals surface area contributed by atoms with Gasteiger partial charge in [0.1, 0.15) is 0 Å². The Hall–Kier alpha value is -2.37. The lowest BCUT2D eigenvalue weighted by Crippen LogP contribution is -2.19. The summed E-state index contributed by atoms with van der Waals surface area (Å²) in [6.45, 7) is 0. The first kappa shape index (κ1) is 16.1. The van der Waals surface area contributed by atoms with Crippen LogP contribution in [0.5, 0.6) is 0 Å². The van der Waals surface area contributed by atoms with Crippen LogP contribution in [0.4, 0.5) is 5.69 Å². The topological polar surface area (TPSA) is 41.5 Å². The maximum absolute atomic E-state index is 12.2. The molecule has 3 aromatic rings. The Morgan fingerprint density at radius 3 is 2.64 bits per heavy atom. The number of nitrogens with one attached hydrogen (secondary N) is 1. The predicted octanol–water partition coefficient (Wildman–Crippen LogP) is 5.49. The molecule has 1 aliphatic rings. The van der Waals surface area contributed by atoms with Crippen molar-refractivity contribution < 1.29 is 4.79 Å². The van der Waals surface area contributed by atoms with Gasteiger partial charge in [-0.25, -0.2) is 4.99 Å². The number of benzene rings is 3. The summed E-state index contributed by atoms with van der Waals surface area (Å²) in [7, 11) is 0. The van der Waals surface area contributed by atoms with Crippen LogP contribution >= 0.6 is 27.7 Å². The third-order valence-electron chi connectivity index (χ3n) is 3.76. The molecule has 3 aromatic carbocycles. The highest BCUT2D eigenvalue weighted by Crippen LogP contribution is 2.29. The van der Waals surface area contributed by atoms with Crippen LogP contribution in [0.15, 0.2) is 81.1 Å². The lowest BCUT2D eigenvalue weighted by atomic mass is 10.1. The lowest BCUT2D eigenvalue weighted by Gasteiger charge is -2.00. The van der Waals surface area contributed by atoms with Gasteiger partial charge in [0.05, 0.1) is 10.6 Å². The second-order valence-electron chi connectivity index (χ2n) is 5.57. The molecule has 4 rings (SSSR count). The van der Waals surface area contributed by atoms with Gasteiger partial charge >= 0.3 is 0 Å². The van der Waals surface area contributed by atoms with Crippen LogP contribution in [0.25, 0.3) is 16.8 Å². The minimum atomic E-state index is -0.121. The van der Waals surface area contributed by atoms with Crippen LogP contribution in [-0.4, -0.2) is 11.1 Å². The van der Waals surface area contributed by atoms with E-state index in [-0.39, 0.29) is 5.91 Å². The molecule has 0 atom stereocenters. The largest absolute Gasteiger partial charge is 0.300 e. The molecule has 1 fully saturated rings. The van der Waals surface area contributed by atoms with E-state index in [1.807, 2.05) is 60.7 Å². The Labute approximate surface area is 158 Å². The molecule has 3 nitrogen and oxygen atoms in total. The van der Waals surface area contributed by atoms with Crippen molar-refractivity contribution in [3.05, 3.63) is 81.7 Å². The first-order valence-electron chi connectivity index (χ1n) is 7.71. The molecule has 0 radical (unpaired) electrons. The van der Waals surface area contributed by atoms with E-state index in [0.29, 0.717) is 10.1 Å². The van der Waals surface area contributed by atoms with E-state index in [4.69, 9.17) is 0 Å². The number of halogens is 1. The highest BCUT2D eigenvalue weighted by molar-refractivity contribution is 9.10. The number of carbonyl (C=O) groups excluding carboxylic acids is 1. The van der Waals surface area contributed by atoms with Crippen LogP contribution in [0, 0.1) is 0 Å². The Kier molecular flexibility index (Phi) is 4.42. The molecule has 5 heteroatoms. The van der Waals surface area contributed by atoms with E-state index in [0.717, 1.165) is 21.1 Å². The van der Waals surface area contributed by atoms with E-state index in [9.17, 15) is 4.79 Å². The summed E-state index contributed by atoms with van der Waals surface area (Å²) in [6.07, 6.45) is 1.87. The van der Waals surface area contributed by atoms with Gasteiger partial charge in [-0.1, -0.05) is 58.4 Å². The number of hydrogen-bond acceptors (Lipinski definition) is 3. The number of carbonyl (C=O) groups is 1. The van der Waals surface area contributed by atoms with Gasteiger partial charge in [0.2, 0.25) is 0 Å². The van der Waals surface area contributed by atoms with Gasteiger partial charge in [-0.05, 0) is 58.4 Å². The van der Waals surface area contributed by atoms with Crippen molar-refractivity contribution in [2.24, 2.45) is 4.99 Å². The zero-order chi connectivity index (χ0) is 17.2. The van der Waals surface area contributed by atoms with Crippen LogP contribution in [-0.2, 0) is 4.79 Å². The average Bonchev–Trinajstić information content (AvgIpc) is 2.94. The number of thioether (sulfide) groups is 1. The Bertz CT molecular complexity index is 1040. The normalized spacial score (nSPS) is 17.4. The maximum Gasteiger partial charge on any atom is 0.264 e. The van der Waals surface area contributed by atoms with E-state index in [1.165, 1.54) is 17.1 Å². The molecule has 122 valence electrons. The zero-order valence-electron chi connectivity index (χ0n) is 13.1. The van der Waals surface area contributed by atoms with Crippen molar-refractivity contribution in [1.82, 2.24) is 5.32 Å². The standard InChI is InChI=1S/C20H13BrN2OS/c21-16-7-3-4-13(10-16)11-18-19(24)23-20(25-18)22-17-9-8-14-5-1-2-6-15(14)12-17/h1-12H,(H,22,23,24)/b18-11+. The summed E-state index contributed by atoms with van der Waals surface area (Å²) in [5.74, 6) is -0.121. The third kappa shape index (κ3) is 3.67. The molecule has 1 amide bonds. The summed E-state index contributed by atoms with van der Waals surface area (Å²) < 4.78 is 0.982. The van der Waals surface area contributed by atoms with Crippen molar-refractivity contribution in [3.63, 3.8) is 0 Å². The molecule has 0 aliphatic carbocycles. The van der Waals surface area contributed by atoms with E-state index < -0.39 is 0 Å². The van der Waals surface area contributed by atoms with Crippen LogP contribution in [0.1, 0.15) is 5.56 Å². The molecule has 0 saturated carbocycles. The number of amidine groups is 1. The van der Waals surface area contributed by atoms with E-state index in [2.05, 4.69) is 38.4 Å². The highest BCUT2D eigenvalue weighted by Gasteiger charge is 2.23. The molecule has 1 heterocycles. The lowest BCUT2D eigenvalue weighted by molar-refractivity contribution is -0.115. The maximum atomic E-state index is 12.2. The molecule has 1 N–H and O–H groups in total. The summed E-state index contributed by atoms with van der Waals surface area (Å²) in [5.41, 5.74) is 1.80. The summed E-state index contributed by atoms with van der Waals surface area (Å²) in [6, 6.07) is 22.0. The highest BCUT2D eigenvalue weighted by atomic mass is 79.9. The van der Waals surface area contributed by atoms with Gasteiger partial charge in [-0.3, -0.25) is 4.79 Å². The molecule has 1 aliphatic heterocycles. The fraction of sp³-hybridized carbons (Fsp3) is 0. The Morgan fingerprint density at radius 1 is 0.960 bits per heavy atom. The number of hydrogen-bond donors (Lipinski definition) is 1. The van der Waals surface area contributed by atoms with Crippen molar-refractivity contribution in [3.8, 4) is 0 Å². The van der Waals surface area contributed by atoms with Gasteiger partial charge in [-0.15, -0.1) is 0 Å². The first-order chi connectivity index (χ1) is 12.2. The van der Waals surface area contributed by atoms with Gasteiger partial charge < -0.3 is 5.32 Å². The van der Waals surface area contributed by atoms with Crippen LogP contribution < -0.4 is 5.32 Å². The smallest absolute Gasteiger partial charge is 0.264 e. The van der Waals surface area contributed by atoms with Crippen LogP contribution in [0.3, 0.4) is 0 Å². The fourth-order valence-corrected chi connectivity index (χ4v) is 3.85. The van der Waals surface area contributed by atoms with Gasteiger partial charge in [0.25, 0.3) is 5.91 Å². The van der Waals surface area contributed by atoms with Gasteiger partial charge in [-0.2, -0.15) is 0 Å². The second-order valence-corrected chi connectivity index (χ2v) is 7.51. The molecular formula is C20H13BrN2OS. The molecular weight excluding hydrogens is 396 g/mol. The molecule has 0 bridgehead atoms. The quantitative estimate of drug-likeness (QED) is 0.569. The molecule has 0 spiro atoms. The third-order valence-corrected chi connectivity index (χ3v) is 5.16. The predicted molar refractivity (Wildman–Crippen MR) is 109 cm³/mol. The second kappa shape index (κ2) is 6.86. The van der Waals surface area contributed by atoms with E-state index in [1.54, 1.807) is 0 Å². The molecule has 0 unspecified atom stereocenters. The SMILES string of the molecule is O=C1NC(=Nc2ccc3ccccc3c2)S/C1=C/c1cccc(Br)c1. The van der Waals surface area contributed by atoms with Crippen molar-refractivity contribution in [2.75, 3.05) is 0 Å². The van der Waals surface area contributed by atoms with E-state index >= 15 is 0 Å². The number of nitrogens with zero attached hydrogens (tertiary/aromatic N) is 1. The van der Waals surface area contributed by atoms with Crippen molar-refractivity contribution in [1.29, 1.82) is 0 Å². The Balaban J connectivity index is 1.61. The van der Waals surface area contributed by atoms with Gasteiger partial charge in [0, 0.05) is 4.47 Å². The average molecular weight is 409 g/mol. The molecule has 0 aromatic heterocycles. The monoisotopic (exact) mass is 408 g/mol. The number of aliphatic imine (C=N–C) groups is 1. The zero-order valence-corrected chi connectivity index (χ0v) is 15.5.